The highest BCUT2D eigenvalue weighted by Crippen LogP contribution is 2.22. The van der Waals surface area contributed by atoms with Crippen molar-refractivity contribution in [2.75, 3.05) is 36.5 Å². The first kappa shape index (κ1) is 13.9. The van der Waals surface area contributed by atoms with E-state index in [2.05, 4.69) is 52.5 Å². The number of para-hydroxylation sites is 1. The van der Waals surface area contributed by atoms with Gasteiger partial charge in [-0.25, -0.2) is 0 Å². The number of hydrogen-bond donors (Lipinski definition) is 1. The van der Waals surface area contributed by atoms with Crippen molar-refractivity contribution in [3.8, 4) is 0 Å². The summed E-state index contributed by atoms with van der Waals surface area (Å²) < 4.78 is 5.44. The molecule has 1 aromatic carbocycles. The van der Waals surface area contributed by atoms with E-state index in [1.807, 2.05) is 12.4 Å². The second-order valence-electron chi connectivity index (χ2n) is 5.33. The van der Waals surface area contributed by atoms with Crippen molar-refractivity contribution in [1.29, 1.82) is 0 Å². The van der Waals surface area contributed by atoms with Crippen LogP contribution in [0.15, 0.2) is 42.7 Å². The van der Waals surface area contributed by atoms with Gasteiger partial charge in [-0.1, -0.05) is 18.2 Å². The van der Waals surface area contributed by atoms with Gasteiger partial charge in [0.25, 0.3) is 0 Å². The number of anilines is 2. The van der Waals surface area contributed by atoms with Crippen LogP contribution < -0.4 is 10.2 Å². The first-order valence-electron chi connectivity index (χ1n) is 7.39. The fraction of sp³-hybridized carbons (Fsp3) is 0.353. The van der Waals surface area contributed by atoms with E-state index in [0.717, 1.165) is 38.5 Å². The van der Waals surface area contributed by atoms with Crippen molar-refractivity contribution in [2.45, 2.75) is 13.5 Å². The van der Waals surface area contributed by atoms with Gasteiger partial charge < -0.3 is 15.0 Å². The third-order valence-electron chi connectivity index (χ3n) is 3.70. The van der Waals surface area contributed by atoms with Gasteiger partial charge in [0.05, 0.1) is 18.9 Å². The Morgan fingerprint density at radius 3 is 2.81 bits per heavy atom. The summed E-state index contributed by atoms with van der Waals surface area (Å²) in [7, 11) is 0. The number of rotatable bonds is 4. The summed E-state index contributed by atoms with van der Waals surface area (Å²) in [6, 6.07) is 10.7. The van der Waals surface area contributed by atoms with E-state index in [-0.39, 0.29) is 0 Å². The standard InChI is InChI=1S/C17H21N3O/c1-14-10-16(13-18-11-14)19-12-15-4-2-3-5-17(15)20-6-8-21-9-7-20/h2-5,10-11,13,19H,6-9,12H2,1H3. The molecule has 0 bridgehead atoms. The quantitative estimate of drug-likeness (QED) is 0.936. The first-order valence-corrected chi connectivity index (χ1v) is 7.39. The second-order valence-corrected chi connectivity index (χ2v) is 5.33. The van der Waals surface area contributed by atoms with Crippen LogP contribution >= 0.6 is 0 Å². The van der Waals surface area contributed by atoms with Crippen molar-refractivity contribution >= 4 is 11.4 Å². The van der Waals surface area contributed by atoms with Gasteiger partial charge in [0.1, 0.15) is 0 Å². The maximum absolute atomic E-state index is 5.44. The summed E-state index contributed by atoms with van der Waals surface area (Å²) in [5, 5.41) is 3.46. The number of morpholine rings is 1. The molecule has 1 aliphatic rings. The molecule has 2 heterocycles. The average molecular weight is 283 g/mol. The van der Waals surface area contributed by atoms with Crippen LogP contribution in [0.1, 0.15) is 11.1 Å². The van der Waals surface area contributed by atoms with Crippen LogP contribution in [0.3, 0.4) is 0 Å². The van der Waals surface area contributed by atoms with Gasteiger partial charge in [0.2, 0.25) is 0 Å². The van der Waals surface area contributed by atoms with Crippen LogP contribution in [0, 0.1) is 6.92 Å². The smallest absolute Gasteiger partial charge is 0.0642 e. The number of ether oxygens (including phenoxy) is 1. The third kappa shape index (κ3) is 3.52. The van der Waals surface area contributed by atoms with Gasteiger partial charge in [-0.05, 0) is 30.2 Å². The molecular weight excluding hydrogens is 262 g/mol. The molecule has 0 atom stereocenters. The molecule has 0 unspecified atom stereocenters. The van der Waals surface area contributed by atoms with E-state index >= 15 is 0 Å². The van der Waals surface area contributed by atoms with Crippen molar-refractivity contribution in [2.24, 2.45) is 0 Å². The normalized spacial score (nSPS) is 15.0. The maximum Gasteiger partial charge on any atom is 0.0642 e. The lowest BCUT2D eigenvalue weighted by atomic mass is 10.1. The zero-order valence-corrected chi connectivity index (χ0v) is 12.4. The molecule has 3 rings (SSSR count). The number of pyridine rings is 1. The molecule has 0 spiro atoms. The fourth-order valence-corrected chi connectivity index (χ4v) is 2.62. The molecule has 1 aliphatic heterocycles. The average Bonchev–Trinajstić information content (AvgIpc) is 2.54. The summed E-state index contributed by atoms with van der Waals surface area (Å²) in [4.78, 5) is 6.62. The fourth-order valence-electron chi connectivity index (χ4n) is 2.62. The third-order valence-corrected chi connectivity index (χ3v) is 3.70. The molecule has 4 heteroatoms. The predicted molar refractivity (Wildman–Crippen MR) is 85.8 cm³/mol. The number of nitrogens with zero attached hydrogens (tertiary/aromatic N) is 2. The van der Waals surface area contributed by atoms with E-state index in [1.54, 1.807) is 0 Å². The molecule has 0 amide bonds. The molecule has 110 valence electrons. The van der Waals surface area contributed by atoms with E-state index in [0.29, 0.717) is 0 Å². The van der Waals surface area contributed by atoms with Crippen LogP contribution in [0.2, 0.25) is 0 Å². The Bertz CT molecular complexity index is 594. The molecule has 1 aromatic heterocycles. The molecule has 2 aromatic rings. The lowest BCUT2D eigenvalue weighted by molar-refractivity contribution is 0.122. The van der Waals surface area contributed by atoms with Gasteiger partial charge in [0.15, 0.2) is 0 Å². The highest BCUT2D eigenvalue weighted by Gasteiger charge is 2.14. The topological polar surface area (TPSA) is 37.4 Å². The van der Waals surface area contributed by atoms with Crippen LogP contribution in [-0.4, -0.2) is 31.3 Å². The lowest BCUT2D eigenvalue weighted by Crippen LogP contribution is -2.36. The van der Waals surface area contributed by atoms with E-state index in [9.17, 15) is 0 Å². The van der Waals surface area contributed by atoms with Gasteiger partial charge in [-0.2, -0.15) is 0 Å². The SMILES string of the molecule is Cc1cncc(NCc2ccccc2N2CCOCC2)c1. The Labute approximate surface area is 125 Å². The van der Waals surface area contributed by atoms with Crippen LogP contribution in [0.5, 0.6) is 0 Å². The van der Waals surface area contributed by atoms with Crippen molar-refractivity contribution in [3.05, 3.63) is 53.9 Å². The van der Waals surface area contributed by atoms with Crippen molar-refractivity contribution < 1.29 is 4.74 Å². The molecule has 0 radical (unpaired) electrons. The molecule has 21 heavy (non-hydrogen) atoms. The van der Waals surface area contributed by atoms with Crippen molar-refractivity contribution in [3.63, 3.8) is 0 Å². The molecular formula is C17H21N3O. The Kier molecular flexibility index (Phi) is 4.36. The Hall–Kier alpha value is -2.07. The Morgan fingerprint density at radius 2 is 2.00 bits per heavy atom. The number of nitrogens with one attached hydrogen (secondary N) is 1. The zero-order valence-electron chi connectivity index (χ0n) is 12.4. The Balaban J connectivity index is 1.73. The minimum absolute atomic E-state index is 0.804. The van der Waals surface area contributed by atoms with Crippen molar-refractivity contribution in [1.82, 2.24) is 4.98 Å². The summed E-state index contributed by atoms with van der Waals surface area (Å²) in [6.45, 7) is 6.40. The number of benzene rings is 1. The van der Waals surface area contributed by atoms with Gasteiger partial charge in [-0.15, -0.1) is 0 Å². The van der Waals surface area contributed by atoms with Gasteiger partial charge in [-0.3, -0.25) is 4.98 Å². The number of hydrogen-bond acceptors (Lipinski definition) is 4. The van der Waals surface area contributed by atoms with Gasteiger partial charge in [0, 0.05) is 37.7 Å². The monoisotopic (exact) mass is 283 g/mol. The molecule has 1 N–H and O–H groups in total. The van der Waals surface area contributed by atoms with E-state index in [1.165, 1.54) is 16.8 Å². The number of aryl methyl sites for hydroxylation is 1. The number of aromatic nitrogens is 1. The summed E-state index contributed by atoms with van der Waals surface area (Å²) in [6.07, 6.45) is 3.73. The van der Waals surface area contributed by atoms with Crippen LogP contribution in [0.25, 0.3) is 0 Å². The van der Waals surface area contributed by atoms with Gasteiger partial charge >= 0.3 is 0 Å². The largest absolute Gasteiger partial charge is 0.380 e. The minimum atomic E-state index is 0.804. The molecule has 0 saturated carbocycles. The Morgan fingerprint density at radius 1 is 1.19 bits per heavy atom. The van der Waals surface area contributed by atoms with Crippen LogP contribution in [0.4, 0.5) is 11.4 Å². The molecule has 1 fully saturated rings. The van der Waals surface area contributed by atoms with E-state index < -0.39 is 0 Å². The van der Waals surface area contributed by atoms with E-state index in [4.69, 9.17) is 4.74 Å². The summed E-state index contributed by atoms with van der Waals surface area (Å²) >= 11 is 0. The highest BCUT2D eigenvalue weighted by atomic mass is 16.5. The zero-order chi connectivity index (χ0) is 14.5. The molecule has 1 saturated heterocycles. The van der Waals surface area contributed by atoms with Crippen LogP contribution in [-0.2, 0) is 11.3 Å². The summed E-state index contributed by atoms with van der Waals surface area (Å²) in [5.41, 5.74) is 4.84. The first-order chi connectivity index (χ1) is 10.3. The lowest BCUT2D eigenvalue weighted by Gasteiger charge is -2.30. The predicted octanol–water partition coefficient (Wildman–Crippen LogP) is 2.84. The maximum atomic E-state index is 5.44. The molecule has 4 nitrogen and oxygen atoms in total. The minimum Gasteiger partial charge on any atom is -0.380 e. The highest BCUT2D eigenvalue weighted by molar-refractivity contribution is 5.55. The summed E-state index contributed by atoms with van der Waals surface area (Å²) in [5.74, 6) is 0. The second kappa shape index (κ2) is 6.59. The molecule has 0 aliphatic carbocycles.